The van der Waals surface area contributed by atoms with E-state index in [0.717, 1.165) is 34.0 Å². The minimum atomic E-state index is -0.445. The smallest absolute Gasteiger partial charge is 0.246 e. The Labute approximate surface area is 284 Å². The van der Waals surface area contributed by atoms with Crippen LogP contribution in [0.5, 0.6) is 0 Å². The van der Waals surface area contributed by atoms with Gasteiger partial charge in [0.05, 0.1) is 12.0 Å². The van der Waals surface area contributed by atoms with Gasteiger partial charge in [-0.1, -0.05) is 66.7 Å². The summed E-state index contributed by atoms with van der Waals surface area (Å²) >= 11 is 0. The van der Waals surface area contributed by atoms with Crippen LogP contribution in [0.1, 0.15) is 48.4 Å². The average Bonchev–Trinajstić information content (AvgIpc) is 3.86. The number of likely N-dealkylation sites (N-methyl/N-ethyl adjacent to an activating group) is 1. The lowest BCUT2D eigenvalue weighted by Crippen LogP contribution is -2.43. The number of Topliss-reactive ketones (excluding diaryl/α,β-unsaturated/α-hetero) is 1. The van der Waals surface area contributed by atoms with Gasteiger partial charge in [-0.15, -0.1) is 0 Å². The number of rotatable bonds is 10. The molecule has 6 aromatic rings. The van der Waals surface area contributed by atoms with Crippen LogP contribution in [-0.2, 0) is 20.8 Å². The number of nitrogens with one attached hydrogen (secondary N) is 2. The van der Waals surface area contributed by atoms with Crippen molar-refractivity contribution in [2.75, 3.05) is 26.0 Å². The molecule has 0 unspecified atom stereocenters. The minimum absolute atomic E-state index is 0.00515. The lowest BCUT2D eigenvalue weighted by Gasteiger charge is -2.27. The van der Waals surface area contributed by atoms with Crippen LogP contribution < -0.4 is 5.32 Å². The molecule has 0 saturated carbocycles. The first-order chi connectivity index (χ1) is 23.7. The number of fused-ring (bicyclic) bond motifs is 2. The van der Waals surface area contributed by atoms with E-state index in [0.29, 0.717) is 41.3 Å². The summed E-state index contributed by atoms with van der Waals surface area (Å²) in [7, 11) is 3.76. The summed E-state index contributed by atoms with van der Waals surface area (Å²) in [5.41, 5.74) is 6.21. The highest BCUT2D eigenvalue weighted by Gasteiger charge is 2.36. The van der Waals surface area contributed by atoms with Gasteiger partial charge >= 0.3 is 0 Å². The number of benzene rings is 4. The maximum atomic E-state index is 13.5. The zero-order valence-corrected chi connectivity index (χ0v) is 27.9. The minimum Gasteiger partial charge on any atom is -0.435 e. The Morgan fingerprint density at radius 1 is 0.939 bits per heavy atom. The van der Waals surface area contributed by atoms with E-state index in [9.17, 15) is 14.4 Å². The van der Waals surface area contributed by atoms with E-state index >= 15 is 0 Å². The van der Waals surface area contributed by atoms with Crippen LogP contribution in [0.4, 0.5) is 5.69 Å². The van der Waals surface area contributed by atoms with Crippen molar-refractivity contribution in [2.45, 2.75) is 44.2 Å². The molecular formula is C40H39N5O4. The Balaban J connectivity index is 1.05. The summed E-state index contributed by atoms with van der Waals surface area (Å²) in [6.45, 7) is 2.52. The van der Waals surface area contributed by atoms with Crippen molar-refractivity contribution in [1.29, 1.82) is 0 Å². The molecule has 2 aromatic heterocycles. The molecule has 7 rings (SSSR count). The SMILES string of the molecule is C[C@@H](C(=O)N1CCC[C@H]1C(=O)Cc1ccc2[nH]c(-c3nc4cc(NC(=O)[C@@H](c5ccccc5)N(C)C)ccc4o3)cc2c1)c1ccccc1. The largest absolute Gasteiger partial charge is 0.435 e. The van der Waals surface area contributed by atoms with Crippen LogP contribution in [0.2, 0.25) is 0 Å². The Morgan fingerprint density at radius 2 is 1.67 bits per heavy atom. The van der Waals surface area contributed by atoms with E-state index in [1.165, 1.54) is 0 Å². The number of hydrogen-bond donors (Lipinski definition) is 2. The molecule has 49 heavy (non-hydrogen) atoms. The Kier molecular flexibility index (Phi) is 8.84. The topological polar surface area (TPSA) is 112 Å². The molecule has 0 aliphatic carbocycles. The van der Waals surface area contributed by atoms with Crippen molar-refractivity contribution >= 4 is 45.3 Å². The molecule has 9 heteroatoms. The zero-order chi connectivity index (χ0) is 34.1. The summed E-state index contributed by atoms with van der Waals surface area (Å²) in [6.07, 6.45) is 1.77. The van der Waals surface area contributed by atoms with Crippen LogP contribution in [0.3, 0.4) is 0 Å². The van der Waals surface area contributed by atoms with Gasteiger partial charge in [0.25, 0.3) is 0 Å². The third-order valence-corrected chi connectivity index (χ3v) is 9.41. The van der Waals surface area contributed by atoms with Crippen molar-refractivity contribution in [3.63, 3.8) is 0 Å². The standard InChI is InChI=1S/C40H39N5O4/c1-25(27-11-6-4-7-12-27)40(48)45-20-10-15-34(45)35(46)22-26-16-18-31-29(21-26)23-33(42-31)39-43-32-24-30(17-19-36(32)49-39)41-38(47)37(44(2)3)28-13-8-5-9-14-28/h4-9,11-14,16-19,21,23-25,34,37,42H,10,15,20,22H2,1-3H3,(H,41,47)/t25-,34+,37-/m1/s1. The summed E-state index contributed by atoms with van der Waals surface area (Å²) in [5.74, 6) is 0.0550. The third-order valence-electron chi connectivity index (χ3n) is 9.41. The number of likely N-dealkylation sites (tertiary alicyclic amines) is 1. The summed E-state index contributed by atoms with van der Waals surface area (Å²) in [6, 6.07) is 31.8. The second-order valence-corrected chi connectivity index (χ2v) is 13.0. The predicted molar refractivity (Wildman–Crippen MR) is 191 cm³/mol. The van der Waals surface area contributed by atoms with Crippen LogP contribution in [0, 0.1) is 0 Å². The van der Waals surface area contributed by atoms with E-state index in [4.69, 9.17) is 9.40 Å². The number of carbonyl (C=O) groups is 3. The van der Waals surface area contributed by atoms with Crippen molar-refractivity contribution in [2.24, 2.45) is 0 Å². The predicted octanol–water partition coefficient (Wildman–Crippen LogP) is 7.12. The van der Waals surface area contributed by atoms with Gasteiger partial charge in [0.1, 0.15) is 17.3 Å². The fourth-order valence-corrected chi connectivity index (χ4v) is 6.87. The third kappa shape index (κ3) is 6.62. The Bertz CT molecular complexity index is 2140. The zero-order valence-electron chi connectivity index (χ0n) is 27.9. The van der Waals surface area contributed by atoms with Gasteiger partial charge < -0.3 is 19.6 Å². The van der Waals surface area contributed by atoms with E-state index in [-0.39, 0.29) is 29.9 Å². The van der Waals surface area contributed by atoms with Crippen molar-refractivity contribution in [3.05, 3.63) is 120 Å². The highest BCUT2D eigenvalue weighted by molar-refractivity contribution is 5.97. The molecule has 0 bridgehead atoms. The first-order valence-corrected chi connectivity index (χ1v) is 16.7. The van der Waals surface area contributed by atoms with Crippen LogP contribution in [0.25, 0.3) is 33.6 Å². The van der Waals surface area contributed by atoms with Gasteiger partial charge in [-0.05, 0) is 86.9 Å². The number of aromatic nitrogens is 2. The number of aromatic amines is 1. The summed E-state index contributed by atoms with van der Waals surface area (Å²) in [4.78, 5) is 52.0. The van der Waals surface area contributed by atoms with Crippen LogP contribution in [-0.4, -0.2) is 64.0 Å². The lowest BCUT2D eigenvalue weighted by atomic mass is 9.97. The number of carbonyl (C=O) groups excluding carboxylic acids is 3. The monoisotopic (exact) mass is 653 g/mol. The maximum Gasteiger partial charge on any atom is 0.246 e. The molecule has 1 fully saturated rings. The van der Waals surface area contributed by atoms with Gasteiger partial charge in [-0.3, -0.25) is 19.3 Å². The molecule has 3 atom stereocenters. The number of hydrogen-bond acceptors (Lipinski definition) is 6. The number of amides is 2. The second kappa shape index (κ2) is 13.5. The molecule has 3 heterocycles. The molecule has 1 aliphatic rings. The van der Waals surface area contributed by atoms with Gasteiger partial charge in [-0.2, -0.15) is 0 Å². The van der Waals surface area contributed by atoms with E-state index < -0.39 is 12.1 Å². The number of H-pyrrole nitrogens is 1. The van der Waals surface area contributed by atoms with Crippen LogP contribution in [0.15, 0.2) is 108 Å². The van der Waals surface area contributed by atoms with E-state index in [1.54, 1.807) is 11.0 Å². The molecule has 248 valence electrons. The normalized spacial score (nSPS) is 15.9. The lowest BCUT2D eigenvalue weighted by molar-refractivity contribution is -0.138. The molecule has 0 radical (unpaired) electrons. The summed E-state index contributed by atoms with van der Waals surface area (Å²) < 4.78 is 6.09. The van der Waals surface area contributed by atoms with Crippen LogP contribution >= 0.6 is 0 Å². The molecule has 2 N–H and O–H groups in total. The first kappa shape index (κ1) is 32.0. The fourth-order valence-electron chi connectivity index (χ4n) is 6.87. The van der Waals surface area contributed by atoms with Gasteiger partial charge in [-0.25, -0.2) is 4.98 Å². The number of nitrogens with zero attached hydrogens (tertiary/aromatic N) is 3. The second-order valence-electron chi connectivity index (χ2n) is 13.0. The van der Waals surface area contributed by atoms with Crippen molar-refractivity contribution < 1.29 is 18.8 Å². The molecule has 0 spiro atoms. The molecule has 4 aromatic carbocycles. The van der Waals surface area contributed by atoms with Gasteiger partial charge in [0, 0.05) is 29.6 Å². The molecule has 1 saturated heterocycles. The van der Waals surface area contributed by atoms with Crippen molar-refractivity contribution in [1.82, 2.24) is 19.8 Å². The highest BCUT2D eigenvalue weighted by Crippen LogP contribution is 2.31. The fraction of sp³-hybridized carbons (Fsp3) is 0.250. The number of oxazole rings is 1. The molecular weight excluding hydrogens is 614 g/mol. The molecule has 9 nitrogen and oxygen atoms in total. The molecule has 1 aliphatic heterocycles. The van der Waals surface area contributed by atoms with E-state index in [1.807, 2.05) is 123 Å². The number of ketones is 1. The number of anilines is 1. The Hall–Kier alpha value is -5.54. The first-order valence-electron chi connectivity index (χ1n) is 16.7. The quantitative estimate of drug-likeness (QED) is 0.163. The van der Waals surface area contributed by atoms with Gasteiger partial charge in [0.15, 0.2) is 11.4 Å². The molecule has 2 amide bonds. The van der Waals surface area contributed by atoms with E-state index in [2.05, 4.69) is 10.3 Å². The van der Waals surface area contributed by atoms with Gasteiger partial charge in [0.2, 0.25) is 17.7 Å². The summed E-state index contributed by atoms with van der Waals surface area (Å²) in [5, 5.41) is 3.96. The highest BCUT2D eigenvalue weighted by atomic mass is 16.3. The average molecular weight is 654 g/mol. The Morgan fingerprint density at radius 3 is 2.41 bits per heavy atom. The van der Waals surface area contributed by atoms with Crippen molar-refractivity contribution in [3.8, 4) is 11.6 Å². The maximum absolute atomic E-state index is 13.5.